The van der Waals surface area contributed by atoms with Crippen LogP contribution in [-0.4, -0.2) is 33.8 Å². The van der Waals surface area contributed by atoms with Crippen molar-refractivity contribution in [3.63, 3.8) is 0 Å². The van der Waals surface area contributed by atoms with Gasteiger partial charge in [-0.05, 0) is 58.6 Å². The molecule has 3 rings (SSSR count). The molecule has 144 valence electrons. The number of ether oxygens (including phenoxy) is 1. The SMILES string of the molecule is Cc1cc(C2(O)CC3CCCC(C2)N3C(=O)OC(C)(C)C)c(F)cc1F. The molecule has 2 aliphatic heterocycles. The number of fused-ring (bicyclic) bond motifs is 2. The van der Waals surface area contributed by atoms with E-state index in [0.29, 0.717) is 5.56 Å². The minimum absolute atomic E-state index is 0.122. The summed E-state index contributed by atoms with van der Waals surface area (Å²) in [5.74, 6) is -1.36. The van der Waals surface area contributed by atoms with Crippen LogP contribution in [0.1, 0.15) is 64.0 Å². The highest BCUT2D eigenvalue weighted by atomic mass is 19.1. The van der Waals surface area contributed by atoms with E-state index in [1.165, 1.54) is 6.07 Å². The number of amides is 1. The first kappa shape index (κ1) is 19.1. The summed E-state index contributed by atoms with van der Waals surface area (Å²) in [5.41, 5.74) is -1.58. The van der Waals surface area contributed by atoms with Gasteiger partial charge < -0.3 is 14.7 Å². The van der Waals surface area contributed by atoms with Crippen LogP contribution < -0.4 is 0 Å². The van der Waals surface area contributed by atoms with Crippen LogP contribution in [0.15, 0.2) is 12.1 Å². The minimum atomic E-state index is -1.41. The number of aliphatic hydroxyl groups is 1. The molecule has 1 aromatic carbocycles. The number of rotatable bonds is 1. The number of piperidine rings is 2. The first-order chi connectivity index (χ1) is 12.0. The molecule has 0 aromatic heterocycles. The summed E-state index contributed by atoms with van der Waals surface area (Å²) in [6, 6.07) is 1.79. The van der Waals surface area contributed by atoms with Crippen molar-refractivity contribution in [1.82, 2.24) is 4.90 Å². The number of halogens is 2. The van der Waals surface area contributed by atoms with Gasteiger partial charge in [0.15, 0.2) is 0 Å². The number of hydrogen-bond donors (Lipinski definition) is 1. The predicted molar refractivity (Wildman–Crippen MR) is 93.7 cm³/mol. The van der Waals surface area contributed by atoms with Crippen LogP contribution in [0.25, 0.3) is 0 Å². The molecule has 2 unspecified atom stereocenters. The summed E-state index contributed by atoms with van der Waals surface area (Å²) in [4.78, 5) is 14.4. The fourth-order valence-electron chi connectivity index (χ4n) is 4.28. The van der Waals surface area contributed by atoms with E-state index in [-0.39, 0.29) is 36.6 Å². The summed E-state index contributed by atoms with van der Waals surface area (Å²) in [5, 5.41) is 11.2. The predicted octanol–water partition coefficient (Wildman–Crippen LogP) is 4.41. The van der Waals surface area contributed by atoms with Crippen molar-refractivity contribution >= 4 is 6.09 Å². The molecule has 2 fully saturated rings. The Morgan fingerprint density at radius 2 is 1.77 bits per heavy atom. The topological polar surface area (TPSA) is 49.8 Å². The normalized spacial score (nSPS) is 28.8. The van der Waals surface area contributed by atoms with Crippen LogP contribution in [0.3, 0.4) is 0 Å². The fourth-order valence-corrected chi connectivity index (χ4v) is 4.28. The molecule has 0 spiro atoms. The average molecular weight is 367 g/mol. The van der Waals surface area contributed by atoms with Crippen LogP contribution in [-0.2, 0) is 10.3 Å². The van der Waals surface area contributed by atoms with Gasteiger partial charge >= 0.3 is 6.09 Å². The van der Waals surface area contributed by atoms with Gasteiger partial charge in [0.1, 0.15) is 17.2 Å². The molecule has 6 heteroatoms. The summed E-state index contributed by atoms with van der Waals surface area (Å²) in [6.45, 7) is 7.01. The number of hydrogen-bond acceptors (Lipinski definition) is 3. The smallest absolute Gasteiger partial charge is 0.410 e. The van der Waals surface area contributed by atoms with Crippen LogP contribution in [0.4, 0.5) is 13.6 Å². The summed E-state index contributed by atoms with van der Waals surface area (Å²) < 4.78 is 33.6. The Kier molecular flexibility index (Phi) is 4.76. The van der Waals surface area contributed by atoms with Gasteiger partial charge in [-0.1, -0.05) is 0 Å². The molecule has 0 aliphatic carbocycles. The lowest BCUT2D eigenvalue weighted by atomic mass is 9.72. The maximum atomic E-state index is 14.4. The molecule has 2 heterocycles. The van der Waals surface area contributed by atoms with E-state index in [2.05, 4.69) is 0 Å². The lowest BCUT2D eigenvalue weighted by Crippen LogP contribution is -2.59. The Balaban J connectivity index is 1.90. The third-order valence-corrected chi connectivity index (χ3v) is 5.36. The molecule has 2 aliphatic rings. The molecule has 26 heavy (non-hydrogen) atoms. The highest BCUT2D eigenvalue weighted by molar-refractivity contribution is 5.69. The van der Waals surface area contributed by atoms with Gasteiger partial charge in [0.05, 0.1) is 5.60 Å². The molecule has 1 amide bonds. The van der Waals surface area contributed by atoms with E-state index in [4.69, 9.17) is 4.74 Å². The van der Waals surface area contributed by atoms with E-state index in [9.17, 15) is 18.7 Å². The van der Waals surface area contributed by atoms with Gasteiger partial charge in [-0.3, -0.25) is 0 Å². The summed E-state index contributed by atoms with van der Waals surface area (Å²) >= 11 is 0. The first-order valence-electron chi connectivity index (χ1n) is 9.20. The third kappa shape index (κ3) is 3.56. The highest BCUT2D eigenvalue weighted by Crippen LogP contribution is 2.45. The molecule has 2 saturated heterocycles. The van der Waals surface area contributed by atoms with E-state index in [1.54, 1.807) is 11.8 Å². The zero-order valence-corrected chi connectivity index (χ0v) is 15.8. The number of aryl methyl sites for hydroxylation is 1. The number of carbonyl (C=O) groups excluding carboxylic acids is 1. The van der Waals surface area contributed by atoms with E-state index in [1.807, 2.05) is 20.8 Å². The second-order valence-electron chi connectivity index (χ2n) is 8.65. The maximum Gasteiger partial charge on any atom is 0.410 e. The average Bonchev–Trinajstić information content (AvgIpc) is 2.48. The second kappa shape index (κ2) is 6.48. The summed E-state index contributed by atoms with van der Waals surface area (Å²) in [6.07, 6.45) is 2.50. The van der Waals surface area contributed by atoms with E-state index in [0.717, 1.165) is 25.3 Å². The Morgan fingerprint density at radius 1 is 1.19 bits per heavy atom. The van der Waals surface area contributed by atoms with Gasteiger partial charge in [0, 0.05) is 36.6 Å². The van der Waals surface area contributed by atoms with E-state index >= 15 is 0 Å². The minimum Gasteiger partial charge on any atom is -0.444 e. The first-order valence-corrected chi connectivity index (χ1v) is 9.20. The molecule has 1 N–H and O–H groups in total. The lowest BCUT2D eigenvalue weighted by molar-refractivity contribution is -0.0978. The molecule has 2 atom stereocenters. The van der Waals surface area contributed by atoms with Gasteiger partial charge in [0.2, 0.25) is 0 Å². The van der Waals surface area contributed by atoms with Crippen molar-refractivity contribution in [3.8, 4) is 0 Å². The van der Waals surface area contributed by atoms with Gasteiger partial charge in [-0.15, -0.1) is 0 Å². The highest BCUT2D eigenvalue weighted by Gasteiger charge is 2.50. The van der Waals surface area contributed by atoms with Gasteiger partial charge in [-0.25, -0.2) is 13.6 Å². The van der Waals surface area contributed by atoms with Crippen LogP contribution in [0, 0.1) is 18.6 Å². The van der Waals surface area contributed by atoms with Crippen molar-refractivity contribution in [1.29, 1.82) is 0 Å². The lowest BCUT2D eigenvalue weighted by Gasteiger charge is -2.51. The largest absolute Gasteiger partial charge is 0.444 e. The molecule has 4 nitrogen and oxygen atoms in total. The number of nitrogens with zero attached hydrogens (tertiary/aromatic N) is 1. The number of benzene rings is 1. The van der Waals surface area contributed by atoms with E-state index < -0.39 is 22.8 Å². The standard InChI is InChI=1S/C20H27F2NO3/c1-12-8-15(17(22)9-16(12)21)20(25)10-13-6-5-7-14(11-20)23(13)18(24)26-19(2,3)4/h8-9,13-14,25H,5-7,10-11H2,1-4H3. The Labute approximate surface area is 153 Å². The Morgan fingerprint density at radius 3 is 2.31 bits per heavy atom. The molecule has 1 aromatic rings. The Hall–Kier alpha value is -1.69. The zero-order valence-electron chi connectivity index (χ0n) is 15.8. The molecule has 2 bridgehead atoms. The van der Waals surface area contributed by atoms with Crippen LogP contribution in [0.5, 0.6) is 0 Å². The quantitative estimate of drug-likeness (QED) is 0.800. The zero-order chi connectivity index (χ0) is 19.3. The van der Waals surface area contributed by atoms with Crippen LogP contribution >= 0.6 is 0 Å². The molecular formula is C20H27F2NO3. The van der Waals surface area contributed by atoms with Crippen molar-refractivity contribution in [3.05, 3.63) is 34.9 Å². The van der Waals surface area contributed by atoms with Gasteiger partial charge in [-0.2, -0.15) is 0 Å². The molecular weight excluding hydrogens is 340 g/mol. The Bertz CT molecular complexity index is 700. The van der Waals surface area contributed by atoms with Crippen molar-refractivity contribution in [2.24, 2.45) is 0 Å². The van der Waals surface area contributed by atoms with Crippen molar-refractivity contribution < 1.29 is 23.4 Å². The van der Waals surface area contributed by atoms with Gasteiger partial charge in [0.25, 0.3) is 0 Å². The molecule has 0 radical (unpaired) electrons. The second-order valence-corrected chi connectivity index (χ2v) is 8.65. The maximum absolute atomic E-state index is 14.4. The fraction of sp³-hybridized carbons (Fsp3) is 0.650. The monoisotopic (exact) mass is 367 g/mol. The summed E-state index contributed by atoms with van der Waals surface area (Å²) in [7, 11) is 0. The van der Waals surface area contributed by atoms with Crippen molar-refractivity contribution in [2.75, 3.05) is 0 Å². The number of carbonyl (C=O) groups is 1. The van der Waals surface area contributed by atoms with Crippen molar-refractivity contribution in [2.45, 2.75) is 83.1 Å². The molecule has 0 saturated carbocycles. The van der Waals surface area contributed by atoms with Crippen LogP contribution in [0.2, 0.25) is 0 Å². The third-order valence-electron chi connectivity index (χ3n) is 5.36.